The third-order valence-electron chi connectivity index (χ3n) is 1.53. The Bertz CT molecular complexity index is 372. The van der Waals surface area contributed by atoms with Gasteiger partial charge >= 0.3 is 5.97 Å². The van der Waals surface area contributed by atoms with Crippen molar-refractivity contribution >= 4 is 5.97 Å². The van der Waals surface area contributed by atoms with Crippen LogP contribution in [0, 0.1) is 0 Å². The normalized spacial score (nSPS) is 9.69. The van der Waals surface area contributed by atoms with E-state index in [0.29, 0.717) is 0 Å². The Morgan fingerprint density at radius 2 is 2.31 bits per heavy atom. The number of hydrogen-bond acceptors (Lipinski definition) is 3. The first-order valence-electron chi connectivity index (χ1n) is 3.54. The predicted molar refractivity (Wildman–Crippen MR) is 43.1 cm³/mol. The first-order valence-corrected chi connectivity index (χ1v) is 3.54. The molecule has 0 radical (unpaired) electrons. The second-order valence-corrected chi connectivity index (χ2v) is 2.34. The highest BCUT2D eigenvalue weighted by Crippen LogP contribution is 1.98. The number of methoxy groups -OCH3 is 1. The van der Waals surface area contributed by atoms with Crippen molar-refractivity contribution < 1.29 is 13.9 Å². The molecule has 0 aliphatic heterocycles. The molecule has 0 fully saturated rings. The summed E-state index contributed by atoms with van der Waals surface area (Å²) in [5.41, 5.74) is -0.338. The molecule has 4 nitrogen and oxygen atoms in total. The molecule has 70 valence electrons. The van der Waals surface area contributed by atoms with Gasteiger partial charge in [-0.2, -0.15) is 0 Å². The number of aromatic nitrogens is 1. The summed E-state index contributed by atoms with van der Waals surface area (Å²) in [6.07, 6.45) is 1.12. The number of alkyl halides is 1. The lowest BCUT2D eigenvalue weighted by Crippen LogP contribution is -2.18. The summed E-state index contributed by atoms with van der Waals surface area (Å²) in [5, 5.41) is 0. The zero-order chi connectivity index (χ0) is 9.84. The fourth-order valence-electron chi connectivity index (χ4n) is 0.863. The van der Waals surface area contributed by atoms with Gasteiger partial charge in [-0.25, -0.2) is 9.18 Å². The number of halogens is 1. The zero-order valence-electron chi connectivity index (χ0n) is 6.99. The monoisotopic (exact) mass is 185 g/mol. The molecule has 5 heteroatoms. The molecule has 0 unspecified atom stereocenters. The highest BCUT2D eigenvalue weighted by Gasteiger charge is 2.06. The van der Waals surface area contributed by atoms with Crippen molar-refractivity contribution in [3.05, 3.63) is 34.2 Å². The predicted octanol–water partition coefficient (Wildman–Crippen LogP) is 0.562. The van der Waals surface area contributed by atoms with Crippen molar-refractivity contribution in [3.8, 4) is 0 Å². The number of pyridine rings is 1. The van der Waals surface area contributed by atoms with Gasteiger partial charge in [-0.15, -0.1) is 0 Å². The number of carbonyl (C=O) groups excluding carboxylic acids is 1. The Labute approximate surface area is 73.6 Å². The van der Waals surface area contributed by atoms with Crippen molar-refractivity contribution in [3.63, 3.8) is 0 Å². The second kappa shape index (κ2) is 3.84. The van der Waals surface area contributed by atoms with E-state index >= 15 is 0 Å². The van der Waals surface area contributed by atoms with Crippen LogP contribution in [0.25, 0.3) is 0 Å². The number of rotatable bonds is 2. The van der Waals surface area contributed by atoms with E-state index in [9.17, 15) is 14.0 Å². The Morgan fingerprint density at radius 3 is 2.85 bits per heavy atom. The summed E-state index contributed by atoms with van der Waals surface area (Å²) in [7, 11) is 1.22. The summed E-state index contributed by atoms with van der Waals surface area (Å²) in [4.78, 5) is 21.8. The summed E-state index contributed by atoms with van der Waals surface area (Å²) < 4.78 is 17.3. The van der Waals surface area contributed by atoms with Crippen molar-refractivity contribution in [1.82, 2.24) is 4.57 Å². The van der Waals surface area contributed by atoms with E-state index in [4.69, 9.17) is 0 Å². The van der Waals surface area contributed by atoms with Crippen LogP contribution in [0.3, 0.4) is 0 Å². The van der Waals surface area contributed by atoms with Gasteiger partial charge in [-0.3, -0.25) is 9.36 Å². The van der Waals surface area contributed by atoms with E-state index in [1.165, 1.54) is 13.2 Å². The van der Waals surface area contributed by atoms with Crippen molar-refractivity contribution in [2.45, 2.75) is 6.80 Å². The average Bonchev–Trinajstić information content (AvgIpc) is 2.17. The van der Waals surface area contributed by atoms with E-state index in [1.807, 2.05) is 0 Å². The minimum Gasteiger partial charge on any atom is -0.465 e. The fourth-order valence-corrected chi connectivity index (χ4v) is 0.863. The summed E-state index contributed by atoms with van der Waals surface area (Å²) in [6, 6.07) is 2.41. The van der Waals surface area contributed by atoms with Gasteiger partial charge in [-0.1, -0.05) is 0 Å². The minimum absolute atomic E-state index is 0.153. The van der Waals surface area contributed by atoms with Crippen LogP contribution in [0.15, 0.2) is 23.1 Å². The lowest BCUT2D eigenvalue weighted by Gasteiger charge is -2.01. The molecule has 0 aromatic carbocycles. The largest absolute Gasteiger partial charge is 0.465 e. The molecule has 0 spiro atoms. The molecular formula is C8H8FNO3. The van der Waals surface area contributed by atoms with Crippen LogP contribution < -0.4 is 5.56 Å². The summed E-state index contributed by atoms with van der Waals surface area (Å²) >= 11 is 0. The summed E-state index contributed by atoms with van der Waals surface area (Å²) in [5.74, 6) is -0.595. The minimum atomic E-state index is -0.955. The molecule has 1 rings (SSSR count). The molecule has 13 heavy (non-hydrogen) atoms. The zero-order valence-corrected chi connectivity index (χ0v) is 6.99. The van der Waals surface area contributed by atoms with Gasteiger partial charge in [-0.05, 0) is 6.07 Å². The van der Waals surface area contributed by atoms with Gasteiger partial charge in [0.15, 0.2) is 6.80 Å². The first-order chi connectivity index (χ1) is 6.19. The molecule has 1 heterocycles. The third kappa shape index (κ3) is 1.93. The van der Waals surface area contributed by atoms with Crippen LogP contribution in [-0.4, -0.2) is 17.6 Å². The topological polar surface area (TPSA) is 48.3 Å². The SMILES string of the molecule is COC(=O)c1ccc(=O)n(CF)c1. The molecule has 0 aliphatic carbocycles. The fraction of sp³-hybridized carbons (Fsp3) is 0.250. The Balaban J connectivity index is 3.13. The molecular weight excluding hydrogens is 177 g/mol. The lowest BCUT2D eigenvalue weighted by molar-refractivity contribution is 0.0599. The maximum atomic E-state index is 12.1. The maximum absolute atomic E-state index is 12.1. The number of hydrogen-bond donors (Lipinski definition) is 0. The molecule has 0 bridgehead atoms. The van der Waals surface area contributed by atoms with Gasteiger partial charge in [0.2, 0.25) is 0 Å². The number of carbonyl (C=O) groups is 1. The van der Waals surface area contributed by atoms with Gasteiger partial charge < -0.3 is 4.74 Å². The van der Waals surface area contributed by atoms with Crippen molar-refractivity contribution in [2.75, 3.05) is 7.11 Å². The molecule has 0 saturated heterocycles. The molecule has 1 aromatic rings. The van der Waals surface area contributed by atoms with E-state index in [0.717, 1.165) is 16.8 Å². The van der Waals surface area contributed by atoms with E-state index in [1.54, 1.807) is 0 Å². The van der Waals surface area contributed by atoms with Crippen LogP contribution >= 0.6 is 0 Å². The van der Waals surface area contributed by atoms with Gasteiger partial charge in [0.1, 0.15) is 0 Å². The van der Waals surface area contributed by atoms with Crippen LogP contribution in [0.4, 0.5) is 4.39 Å². The van der Waals surface area contributed by atoms with Crippen LogP contribution in [0.5, 0.6) is 0 Å². The highest BCUT2D eigenvalue weighted by atomic mass is 19.1. The van der Waals surface area contributed by atoms with E-state index in [2.05, 4.69) is 4.74 Å². The molecule has 0 aliphatic rings. The second-order valence-electron chi connectivity index (χ2n) is 2.34. The van der Waals surface area contributed by atoms with Gasteiger partial charge in [0, 0.05) is 12.3 Å². The number of ether oxygens (including phenoxy) is 1. The third-order valence-corrected chi connectivity index (χ3v) is 1.53. The Kier molecular flexibility index (Phi) is 2.79. The smallest absolute Gasteiger partial charge is 0.339 e. The standard InChI is InChI=1S/C8H8FNO3/c1-13-8(12)6-2-3-7(11)10(4-6)5-9/h2-4H,5H2,1H3. The van der Waals surface area contributed by atoms with Crippen LogP contribution in [0.1, 0.15) is 10.4 Å². The van der Waals surface area contributed by atoms with E-state index in [-0.39, 0.29) is 5.56 Å². The Hall–Kier alpha value is -1.65. The van der Waals surface area contributed by atoms with Crippen molar-refractivity contribution in [1.29, 1.82) is 0 Å². The Morgan fingerprint density at radius 1 is 1.62 bits per heavy atom. The molecule has 1 aromatic heterocycles. The number of nitrogens with zero attached hydrogens (tertiary/aromatic N) is 1. The average molecular weight is 185 g/mol. The molecule has 0 N–H and O–H groups in total. The molecule has 0 amide bonds. The van der Waals surface area contributed by atoms with Crippen LogP contribution in [-0.2, 0) is 11.5 Å². The summed E-state index contributed by atoms with van der Waals surface area (Å²) in [6.45, 7) is -0.955. The molecule has 0 saturated carbocycles. The maximum Gasteiger partial charge on any atom is 0.339 e. The van der Waals surface area contributed by atoms with E-state index < -0.39 is 18.3 Å². The molecule has 0 atom stereocenters. The van der Waals surface area contributed by atoms with Gasteiger partial charge in [0.05, 0.1) is 12.7 Å². The number of esters is 1. The highest BCUT2D eigenvalue weighted by molar-refractivity contribution is 5.88. The quantitative estimate of drug-likeness (QED) is 0.632. The lowest BCUT2D eigenvalue weighted by atomic mass is 10.3. The first kappa shape index (κ1) is 9.44. The van der Waals surface area contributed by atoms with Crippen molar-refractivity contribution in [2.24, 2.45) is 0 Å². The van der Waals surface area contributed by atoms with Crippen LogP contribution in [0.2, 0.25) is 0 Å². The van der Waals surface area contributed by atoms with Gasteiger partial charge in [0.25, 0.3) is 5.56 Å².